The molecule has 0 amide bonds. The van der Waals surface area contributed by atoms with Gasteiger partial charge >= 0.3 is 23.5 Å². The molecule has 6 atom stereocenters. The van der Waals surface area contributed by atoms with Crippen molar-refractivity contribution in [3.8, 4) is 11.8 Å². The average Bonchev–Trinajstić information content (AvgIpc) is 3.52. The van der Waals surface area contributed by atoms with Gasteiger partial charge in [0, 0.05) is 18.1 Å². The highest BCUT2D eigenvalue weighted by Crippen LogP contribution is 2.67. The van der Waals surface area contributed by atoms with Gasteiger partial charge in [0.15, 0.2) is 11.5 Å². The Labute approximate surface area is 253 Å². The van der Waals surface area contributed by atoms with Crippen molar-refractivity contribution < 1.29 is 60.8 Å². The van der Waals surface area contributed by atoms with Gasteiger partial charge in [-0.15, -0.1) is 0 Å². The van der Waals surface area contributed by atoms with E-state index in [1.165, 1.54) is 36.0 Å². The topological polar surface area (TPSA) is 317 Å². The Kier molecular flexibility index (Phi) is 10.5. The summed E-state index contributed by atoms with van der Waals surface area (Å²) in [5.74, 6) is 5.35. The van der Waals surface area contributed by atoms with E-state index in [-0.39, 0.29) is 41.2 Å². The first-order valence-corrected chi connectivity index (χ1v) is 17.0. The molecule has 0 aliphatic carbocycles. The number of aromatic nitrogens is 4. The number of rotatable bonds is 12. The minimum absolute atomic E-state index is 0.0499. The molecule has 3 aromatic rings. The van der Waals surface area contributed by atoms with Gasteiger partial charge in [-0.3, -0.25) is 19.2 Å². The molecule has 0 radical (unpaired) electrons. The third kappa shape index (κ3) is 8.97. The minimum Gasteiger partial charge on any atom is -0.382 e. The molecule has 24 heteroatoms. The van der Waals surface area contributed by atoms with E-state index in [9.17, 15) is 33.6 Å². The highest BCUT2D eigenvalue weighted by atomic mass is 31.3. The normalized spacial score (nSPS) is 21.9. The highest BCUT2D eigenvalue weighted by Gasteiger charge is 2.46. The Morgan fingerprint density at radius 1 is 1.18 bits per heavy atom. The van der Waals surface area contributed by atoms with Crippen LogP contribution in [-0.2, 0) is 36.3 Å². The summed E-state index contributed by atoms with van der Waals surface area (Å²) in [5.41, 5.74) is 11.8. The van der Waals surface area contributed by atoms with E-state index in [0.717, 1.165) is 6.33 Å². The van der Waals surface area contributed by atoms with Crippen LogP contribution in [0.25, 0.3) is 11.2 Å². The number of anilines is 1. The fourth-order valence-electron chi connectivity index (χ4n) is 4.29. The van der Waals surface area contributed by atoms with E-state index in [2.05, 4.69) is 35.4 Å². The second kappa shape index (κ2) is 13.7. The number of phosphoric ester groups is 1. The van der Waals surface area contributed by atoms with Crippen LogP contribution in [0.2, 0.25) is 0 Å². The smallest absolute Gasteiger partial charge is 0.382 e. The number of nitrogens with zero attached hydrogens (tertiary/aromatic N) is 5. The maximum absolute atomic E-state index is 12.7. The first-order valence-electron chi connectivity index (χ1n) is 12.5. The predicted molar refractivity (Wildman–Crippen MR) is 150 cm³/mol. The van der Waals surface area contributed by atoms with Crippen LogP contribution in [0.3, 0.4) is 0 Å². The molecule has 1 fully saturated rings. The van der Waals surface area contributed by atoms with Crippen LogP contribution in [0.4, 0.5) is 11.5 Å². The number of hydrogen-bond donors (Lipinski definition) is 6. The molecule has 2 aromatic heterocycles. The number of nitrogens with two attached hydrogens (primary N) is 2. The molecule has 3 heterocycles. The molecule has 0 spiro atoms. The molecule has 8 N–H and O–H groups in total. The van der Waals surface area contributed by atoms with Crippen molar-refractivity contribution in [3.63, 3.8) is 0 Å². The third-order valence-electron chi connectivity index (χ3n) is 6.07. The summed E-state index contributed by atoms with van der Waals surface area (Å²) in [7, 11) is -17.0. The van der Waals surface area contributed by atoms with Crippen LogP contribution in [0.15, 0.2) is 30.9 Å². The van der Waals surface area contributed by atoms with Crippen molar-refractivity contribution in [2.24, 2.45) is 5.73 Å². The monoisotopic (exact) mass is 693 g/mol. The molecule has 244 valence electrons. The Hall–Kier alpha value is -3.18. The molecule has 1 aliphatic rings. The number of hydrogen-bond acceptors (Lipinski definition) is 15. The molecular weight excluding hydrogens is 667 g/mol. The van der Waals surface area contributed by atoms with E-state index < -0.39 is 59.5 Å². The highest BCUT2D eigenvalue weighted by molar-refractivity contribution is 7.66. The maximum atomic E-state index is 12.7. The Bertz CT molecular complexity index is 1790. The zero-order valence-electron chi connectivity index (χ0n) is 22.9. The number of benzene rings is 1. The molecular formula is C21H26N7O14P3. The molecule has 1 aromatic carbocycles. The number of fused-ring (bicyclic) bond motifs is 1. The van der Waals surface area contributed by atoms with Crippen LogP contribution in [0.1, 0.15) is 36.8 Å². The predicted octanol–water partition coefficient (Wildman–Crippen LogP) is 1.40. The van der Waals surface area contributed by atoms with Crippen LogP contribution in [0.5, 0.6) is 0 Å². The van der Waals surface area contributed by atoms with Gasteiger partial charge in [0.2, 0.25) is 0 Å². The Morgan fingerprint density at radius 2 is 1.91 bits per heavy atom. The van der Waals surface area contributed by atoms with E-state index in [4.69, 9.17) is 35.3 Å². The lowest BCUT2D eigenvalue weighted by Crippen LogP contribution is -2.29. The second-order valence-corrected chi connectivity index (χ2v) is 13.6. The summed E-state index contributed by atoms with van der Waals surface area (Å²) < 4.78 is 61.4. The molecule has 3 unspecified atom stereocenters. The number of phosphoric acid groups is 3. The Morgan fingerprint density at radius 3 is 2.58 bits per heavy atom. The number of nitrogen functional groups attached to an aromatic ring is 1. The third-order valence-corrected chi connectivity index (χ3v) is 9.94. The summed E-state index contributed by atoms with van der Waals surface area (Å²) >= 11 is 0. The first-order chi connectivity index (χ1) is 21.0. The van der Waals surface area contributed by atoms with E-state index in [0.29, 0.717) is 5.56 Å². The summed E-state index contributed by atoms with van der Waals surface area (Å²) in [5, 5.41) is 11.8. The molecule has 0 saturated carbocycles. The van der Waals surface area contributed by atoms with Gasteiger partial charge in [-0.1, -0.05) is 11.8 Å². The molecule has 0 bridgehead atoms. The van der Waals surface area contributed by atoms with Crippen LogP contribution < -0.4 is 11.5 Å². The van der Waals surface area contributed by atoms with Crippen molar-refractivity contribution in [2.45, 2.75) is 37.9 Å². The van der Waals surface area contributed by atoms with Crippen molar-refractivity contribution in [1.82, 2.24) is 19.5 Å². The lowest BCUT2D eigenvalue weighted by atomic mass is 10.0. The van der Waals surface area contributed by atoms with Gasteiger partial charge < -0.3 is 40.5 Å². The van der Waals surface area contributed by atoms with Crippen LogP contribution >= 0.6 is 23.5 Å². The lowest BCUT2D eigenvalue weighted by molar-refractivity contribution is -0.386. The summed E-state index contributed by atoms with van der Waals surface area (Å²) in [6.07, 6.45) is -2.45. The molecule has 21 nitrogen and oxygen atoms in total. The number of nitro benzene ring substituents is 1. The second-order valence-electron chi connectivity index (χ2n) is 9.19. The van der Waals surface area contributed by atoms with Gasteiger partial charge in [-0.25, -0.2) is 28.6 Å². The van der Waals surface area contributed by atoms with Crippen molar-refractivity contribution >= 4 is 46.1 Å². The van der Waals surface area contributed by atoms with Crippen LogP contribution in [0, 0.1) is 22.0 Å². The van der Waals surface area contributed by atoms with Crippen molar-refractivity contribution in [1.29, 1.82) is 0 Å². The number of imidazole rings is 1. The molecule has 1 aliphatic heterocycles. The number of nitro groups is 1. The van der Waals surface area contributed by atoms with Gasteiger partial charge in [0.25, 0.3) is 5.69 Å². The largest absolute Gasteiger partial charge is 0.490 e. The maximum Gasteiger partial charge on any atom is 0.490 e. The van der Waals surface area contributed by atoms with Gasteiger partial charge in [0.1, 0.15) is 30.3 Å². The fraction of sp³-hybridized carbons (Fsp3) is 0.381. The Balaban J connectivity index is 1.58. The van der Waals surface area contributed by atoms with E-state index >= 15 is 0 Å². The molecule has 1 saturated heterocycles. The van der Waals surface area contributed by atoms with Gasteiger partial charge in [-0.2, -0.15) is 8.62 Å². The van der Waals surface area contributed by atoms with Crippen molar-refractivity contribution in [2.75, 3.05) is 18.9 Å². The zero-order valence-corrected chi connectivity index (χ0v) is 25.6. The molecule has 4 rings (SSSR count). The van der Waals surface area contributed by atoms with Gasteiger partial charge in [-0.05, 0) is 19.1 Å². The van der Waals surface area contributed by atoms with E-state index in [1.807, 2.05) is 0 Å². The molecule has 45 heavy (non-hydrogen) atoms. The standard InChI is InChI=1S/C21H26N7O14P3/c1-12(14-5-4-13(3-2-6-22)7-15(14)28(29)30)38-9-17-16(40-44(34,35)42-45(36,37)41-43(31,32)33)8-18(39-17)27-11-26-19-20(23)24-10-25-21(19)27/h4-5,7,10-12,16-18H,6,8-9,22H2,1H3,(H,34,35)(H,36,37)(H2,23,24,25)(H2,31,32,33)/t12?,16-,17+,18+/m0/s1. The van der Waals surface area contributed by atoms with Crippen molar-refractivity contribution in [3.05, 3.63) is 52.1 Å². The first kappa shape index (κ1) is 34.7. The SMILES string of the molecule is CC(OC[C@H]1O[C@@H](n2cnc3c(N)ncnc32)C[C@@H]1OP(=O)(O)OP(=O)(O)OP(=O)(O)O)c1ccc(C#CCN)cc1[N+](=O)[O-]. The minimum atomic E-state index is -5.81. The van der Waals surface area contributed by atoms with E-state index in [1.54, 1.807) is 0 Å². The zero-order chi connectivity index (χ0) is 33.2. The quantitative estimate of drug-likeness (QED) is 0.0675. The van der Waals surface area contributed by atoms with Crippen LogP contribution in [-0.4, -0.2) is 69.4 Å². The van der Waals surface area contributed by atoms with Gasteiger partial charge in [0.05, 0.1) is 36.1 Å². The number of ether oxygens (including phenoxy) is 2. The lowest BCUT2D eigenvalue weighted by Gasteiger charge is -2.23. The average molecular weight is 693 g/mol. The summed E-state index contributed by atoms with van der Waals surface area (Å²) in [6, 6.07) is 4.21. The fourth-order valence-corrected chi connectivity index (χ4v) is 7.51. The summed E-state index contributed by atoms with van der Waals surface area (Å²) in [6.45, 7) is 1.13. The summed E-state index contributed by atoms with van der Waals surface area (Å²) in [4.78, 5) is 60.5.